The van der Waals surface area contributed by atoms with Crippen LogP contribution in [0.3, 0.4) is 0 Å². The van der Waals surface area contributed by atoms with Crippen molar-refractivity contribution < 1.29 is 14.0 Å². The molecular weight excluding hydrogens is 345 g/mol. The highest BCUT2D eigenvalue weighted by Gasteiger charge is 2.43. The summed E-state index contributed by atoms with van der Waals surface area (Å²) in [6, 6.07) is 9.91. The minimum absolute atomic E-state index is 0.0815. The quantitative estimate of drug-likeness (QED) is 0.904. The van der Waals surface area contributed by atoms with Gasteiger partial charge in [-0.25, -0.2) is 4.39 Å². The van der Waals surface area contributed by atoms with Crippen LogP contribution in [0.2, 0.25) is 0 Å². The fourth-order valence-electron chi connectivity index (χ4n) is 4.34. The molecule has 0 aliphatic carbocycles. The zero-order chi connectivity index (χ0) is 18.8. The normalized spacial score (nSPS) is 23.9. The Morgan fingerprint density at radius 3 is 2.30 bits per heavy atom. The molecule has 5 nitrogen and oxygen atoms in total. The van der Waals surface area contributed by atoms with E-state index in [4.69, 9.17) is 0 Å². The number of carbonyl (C=O) groups excluding carboxylic acids is 2. The van der Waals surface area contributed by atoms with Crippen LogP contribution in [-0.4, -0.2) is 39.8 Å². The first-order valence-electron chi connectivity index (χ1n) is 9.36. The molecule has 2 saturated heterocycles. The monoisotopic (exact) mass is 367 g/mol. The minimum Gasteiger partial charge on any atom is -0.349 e. The van der Waals surface area contributed by atoms with Crippen LogP contribution in [0.4, 0.5) is 4.39 Å². The number of nitrogens with zero attached hydrogens (tertiary/aromatic N) is 2. The van der Waals surface area contributed by atoms with Crippen LogP contribution in [0.1, 0.15) is 41.6 Å². The molecule has 2 unspecified atom stereocenters. The van der Waals surface area contributed by atoms with Gasteiger partial charge in [0, 0.05) is 36.1 Å². The summed E-state index contributed by atoms with van der Waals surface area (Å²) >= 11 is 0. The molecule has 2 aliphatic heterocycles. The number of piperidine rings is 1. The highest BCUT2D eigenvalue weighted by molar-refractivity contribution is 5.94. The van der Waals surface area contributed by atoms with E-state index >= 15 is 0 Å². The van der Waals surface area contributed by atoms with Gasteiger partial charge in [0.25, 0.3) is 5.91 Å². The Kier molecular flexibility index (Phi) is 4.88. The molecular formula is C21H22FN3O2. The molecule has 0 saturated carbocycles. The Morgan fingerprint density at radius 2 is 1.67 bits per heavy atom. The standard InChI is InChI=1S/C21H22FN3O2/c22-16-3-1-14(2-4-16)11-20(26)25-18-5-6-19(25)13-17(12-18)24-21(27)15-7-9-23-10-8-15/h1-4,7-10,17-19H,5-6,11-13H2,(H,24,27). The summed E-state index contributed by atoms with van der Waals surface area (Å²) in [4.78, 5) is 31.1. The lowest BCUT2D eigenvalue weighted by Crippen LogP contribution is -2.52. The van der Waals surface area contributed by atoms with Crippen molar-refractivity contribution in [3.8, 4) is 0 Å². The molecule has 0 radical (unpaired) electrons. The van der Waals surface area contributed by atoms with E-state index in [1.54, 1.807) is 36.7 Å². The molecule has 1 aromatic heterocycles. The van der Waals surface area contributed by atoms with E-state index in [0.717, 1.165) is 31.2 Å². The summed E-state index contributed by atoms with van der Waals surface area (Å²) in [5.41, 5.74) is 1.43. The number of rotatable bonds is 4. The number of amides is 2. The number of halogens is 1. The van der Waals surface area contributed by atoms with E-state index in [1.165, 1.54) is 12.1 Å². The van der Waals surface area contributed by atoms with Crippen molar-refractivity contribution in [1.29, 1.82) is 0 Å². The van der Waals surface area contributed by atoms with Crippen LogP contribution in [0, 0.1) is 5.82 Å². The number of carbonyl (C=O) groups is 2. The van der Waals surface area contributed by atoms with Gasteiger partial charge in [0.2, 0.25) is 5.91 Å². The van der Waals surface area contributed by atoms with E-state index in [1.807, 2.05) is 4.90 Å². The summed E-state index contributed by atoms with van der Waals surface area (Å²) in [7, 11) is 0. The summed E-state index contributed by atoms with van der Waals surface area (Å²) in [5.74, 6) is -0.294. The molecule has 4 rings (SSSR count). The first-order valence-corrected chi connectivity index (χ1v) is 9.36. The fraction of sp³-hybridized carbons (Fsp3) is 0.381. The predicted molar refractivity (Wildman–Crippen MR) is 98.5 cm³/mol. The molecule has 2 aliphatic rings. The van der Waals surface area contributed by atoms with Crippen LogP contribution in [0.25, 0.3) is 0 Å². The number of aromatic nitrogens is 1. The van der Waals surface area contributed by atoms with Crippen molar-refractivity contribution in [2.45, 2.75) is 50.2 Å². The van der Waals surface area contributed by atoms with Crippen molar-refractivity contribution >= 4 is 11.8 Å². The zero-order valence-electron chi connectivity index (χ0n) is 15.0. The van der Waals surface area contributed by atoms with Crippen LogP contribution in [-0.2, 0) is 11.2 Å². The number of hydrogen-bond donors (Lipinski definition) is 1. The molecule has 2 fully saturated rings. The first kappa shape index (κ1) is 17.6. The smallest absolute Gasteiger partial charge is 0.251 e. The number of pyridine rings is 1. The van der Waals surface area contributed by atoms with E-state index in [-0.39, 0.29) is 35.8 Å². The van der Waals surface area contributed by atoms with Gasteiger partial charge in [-0.2, -0.15) is 0 Å². The minimum atomic E-state index is -0.294. The summed E-state index contributed by atoms with van der Waals surface area (Å²) in [5, 5.41) is 3.11. The van der Waals surface area contributed by atoms with Gasteiger partial charge in [-0.3, -0.25) is 14.6 Å². The lowest BCUT2D eigenvalue weighted by atomic mass is 9.96. The van der Waals surface area contributed by atoms with Crippen molar-refractivity contribution in [1.82, 2.24) is 15.2 Å². The van der Waals surface area contributed by atoms with E-state index in [0.29, 0.717) is 12.0 Å². The van der Waals surface area contributed by atoms with Gasteiger partial charge in [0.15, 0.2) is 0 Å². The van der Waals surface area contributed by atoms with Crippen LogP contribution < -0.4 is 5.32 Å². The lowest BCUT2D eigenvalue weighted by molar-refractivity contribution is -0.135. The maximum atomic E-state index is 13.0. The molecule has 0 spiro atoms. The number of nitrogens with one attached hydrogen (secondary N) is 1. The van der Waals surface area contributed by atoms with Gasteiger partial charge >= 0.3 is 0 Å². The zero-order valence-corrected chi connectivity index (χ0v) is 15.0. The second-order valence-corrected chi connectivity index (χ2v) is 7.37. The number of hydrogen-bond acceptors (Lipinski definition) is 3. The molecule has 27 heavy (non-hydrogen) atoms. The predicted octanol–water partition coefficient (Wildman–Crippen LogP) is 2.72. The fourth-order valence-corrected chi connectivity index (χ4v) is 4.34. The van der Waals surface area contributed by atoms with Gasteiger partial charge in [0.05, 0.1) is 6.42 Å². The molecule has 2 amide bonds. The van der Waals surface area contributed by atoms with Crippen molar-refractivity contribution in [2.24, 2.45) is 0 Å². The first-order chi connectivity index (χ1) is 13.1. The topological polar surface area (TPSA) is 62.3 Å². The molecule has 3 heterocycles. The lowest BCUT2D eigenvalue weighted by Gasteiger charge is -2.39. The highest BCUT2D eigenvalue weighted by atomic mass is 19.1. The summed E-state index contributed by atoms with van der Waals surface area (Å²) in [6.07, 6.45) is 7.01. The second-order valence-electron chi connectivity index (χ2n) is 7.37. The number of benzene rings is 1. The molecule has 140 valence electrons. The van der Waals surface area contributed by atoms with Crippen molar-refractivity contribution in [3.05, 3.63) is 65.7 Å². The molecule has 2 aromatic rings. The molecule has 2 atom stereocenters. The van der Waals surface area contributed by atoms with Gasteiger partial charge in [-0.05, 0) is 55.5 Å². The molecule has 2 bridgehead atoms. The third-order valence-corrected chi connectivity index (χ3v) is 5.57. The van der Waals surface area contributed by atoms with Crippen LogP contribution in [0.5, 0.6) is 0 Å². The highest BCUT2D eigenvalue weighted by Crippen LogP contribution is 2.36. The average molecular weight is 367 g/mol. The molecule has 1 aromatic carbocycles. The summed E-state index contributed by atoms with van der Waals surface area (Å²) < 4.78 is 13.0. The largest absolute Gasteiger partial charge is 0.349 e. The summed E-state index contributed by atoms with van der Waals surface area (Å²) in [6.45, 7) is 0. The van der Waals surface area contributed by atoms with E-state index in [9.17, 15) is 14.0 Å². The van der Waals surface area contributed by atoms with Crippen LogP contribution in [0.15, 0.2) is 48.8 Å². The number of fused-ring (bicyclic) bond motifs is 2. The Morgan fingerprint density at radius 1 is 1.04 bits per heavy atom. The van der Waals surface area contributed by atoms with Gasteiger partial charge in [-0.1, -0.05) is 12.1 Å². The van der Waals surface area contributed by atoms with Gasteiger partial charge in [-0.15, -0.1) is 0 Å². The van der Waals surface area contributed by atoms with Crippen LogP contribution >= 0.6 is 0 Å². The Bertz CT molecular complexity index is 811. The third kappa shape index (κ3) is 3.84. The second kappa shape index (κ2) is 7.47. The van der Waals surface area contributed by atoms with Crippen molar-refractivity contribution in [3.63, 3.8) is 0 Å². The maximum Gasteiger partial charge on any atom is 0.251 e. The average Bonchev–Trinajstić information content (AvgIpc) is 2.95. The molecule has 6 heteroatoms. The molecule has 1 N–H and O–H groups in total. The Balaban J connectivity index is 1.38. The van der Waals surface area contributed by atoms with E-state index < -0.39 is 0 Å². The Labute approximate surface area is 157 Å². The van der Waals surface area contributed by atoms with E-state index in [2.05, 4.69) is 10.3 Å². The Hall–Kier alpha value is -2.76. The SMILES string of the molecule is O=C(NC1CC2CCC(C1)N2C(=O)Cc1ccc(F)cc1)c1ccncc1. The van der Waals surface area contributed by atoms with Gasteiger partial charge < -0.3 is 10.2 Å². The van der Waals surface area contributed by atoms with Gasteiger partial charge in [0.1, 0.15) is 5.82 Å². The third-order valence-electron chi connectivity index (χ3n) is 5.57. The maximum absolute atomic E-state index is 13.0. The van der Waals surface area contributed by atoms with Crippen molar-refractivity contribution in [2.75, 3.05) is 0 Å².